The molecule has 0 spiro atoms. The van der Waals surface area contributed by atoms with Crippen molar-refractivity contribution in [2.24, 2.45) is 0 Å². The largest absolute Gasteiger partial charge is 0.329 e. The highest BCUT2D eigenvalue weighted by Gasteiger charge is 2.21. The van der Waals surface area contributed by atoms with Crippen LogP contribution in [0.4, 0.5) is 5.95 Å². The standard InChI is InChI=1S/C16H16N4O2S/c1-12(2)13-4-6-14(7-5-13)23(21,22)15(10-17)11-20-16-18-8-3-9-19-16/h3-9,11-12H,1-2H3,(H,18,19,20)/b15-11-. The highest BCUT2D eigenvalue weighted by Crippen LogP contribution is 2.22. The van der Waals surface area contributed by atoms with Gasteiger partial charge in [0, 0.05) is 18.6 Å². The molecular formula is C16H16N4O2S. The molecule has 0 amide bonds. The highest BCUT2D eigenvalue weighted by molar-refractivity contribution is 7.95. The minimum atomic E-state index is -3.88. The highest BCUT2D eigenvalue weighted by atomic mass is 32.2. The van der Waals surface area contributed by atoms with Crippen molar-refractivity contribution in [3.05, 3.63) is 59.4 Å². The summed E-state index contributed by atoms with van der Waals surface area (Å²) in [4.78, 5) is 7.47. The molecule has 0 unspecified atom stereocenters. The minimum Gasteiger partial charge on any atom is -0.329 e. The van der Waals surface area contributed by atoms with Crippen LogP contribution in [0.5, 0.6) is 0 Å². The van der Waals surface area contributed by atoms with Crippen LogP contribution in [0.25, 0.3) is 0 Å². The van der Waals surface area contributed by atoms with E-state index in [0.717, 1.165) is 11.8 Å². The van der Waals surface area contributed by atoms with Gasteiger partial charge in [0.15, 0.2) is 4.91 Å². The maximum Gasteiger partial charge on any atom is 0.226 e. The lowest BCUT2D eigenvalue weighted by atomic mass is 10.0. The summed E-state index contributed by atoms with van der Waals surface area (Å²) in [6.07, 6.45) is 4.11. The Hall–Kier alpha value is -2.72. The van der Waals surface area contributed by atoms with E-state index in [2.05, 4.69) is 15.3 Å². The number of hydrogen-bond acceptors (Lipinski definition) is 6. The molecular weight excluding hydrogens is 312 g/mol. The Kier molecular flexibility index (Phi) is 5.09. The van der Waals surface area contributed by atoms with Crippen LogP contribution in [-0.4, -0.2) is 18.4 Å². The summed E-state index contributed by atoms with van der Waals surface area (Å²) >= 11 is 0. The first-order chi connectivity index (χ1) is 10.9. The van der Waals surface area contributed by atoms with E-state index < -0.39 is 14.7 Å². The SMILES string of the molecule is CC(C)c1ccc(S(=O)(=O)/C(C#N)=C\Nc2ncccn2)cc1. The van der Waals surface area contributed by atoms with Gasteiger partial charge in [-0.05, 0) is 29.7 Å². The zero-order valence-corrected chi connectivity index (χ0v) is 13.6. The number of nitriles is 1. The number of allylic oxidation sites excluding steroid dienone is 1. The maximum atomic E-state index is 12.5. The summed E-state index contributed by atoms with van der Waals surface area (Å²) < 4.78 is 25.0. The molecule has 1 aromatic carbocycles. The van der Waals surface area contributed by atoms with E-state index in [9.17, 15) is 8.42 Å². The van der Waals surface area contributed by atoms with Crippen molar-refractivity contribution in [3.63, 3.8) is 0 Å². The number of aromatic nitrogens is 2. The normalized spacial score (nSPS) is 12.0. The van der Waals surface area contributed by atoms with Crippen molar-refractivity contribution < 1.29 is 8.42 Å². The van der Waals surface area contributed by atoms with E-state index in [4.69, 9.17) is 5.26 Å². The lowest BCUT2D eigenvalue weighted by Crippen LogP contribution is -2.06. The Balaban J connectivity index is 2.30. The summed E-state index contributed by atoms with van der Waals surface area (Å²) in [6.45, 7) is 4.04. The Morgan fingerprint density at radius 3 is 2.35 bits per heavy atom. The molecule has 0 bridgehead atoms. The van der Waals surface area contributed by atoms with Gasteiger partial charge >= 0.3 is 0 Å². The van der Waals surface area contributed by atoms with Crippen LogP contribution in [-0.2, 0) is 9.84 Å². The van der Waals surface area contributed by atoms with Crippen molar-refractivity contribution in [2.75, 3.05) is 5.32 Å². The van der Waals surface area contributed by atoms with Crippen LogP contribution in [0, 0.1) is 11.3 Å². The van der Waals surface area contributed by atoms with Gasteiger partial charge in [-0.3, -0.25) is 0 Å². The van der Waals surface area contributed by atoms with Crippen LogP contribution in [0.15, 0.2) is 58.7 Å². The molecule has 23 heavy (non-hydrogen) atoms. The number of nitrogens with zero attached hydrogens (tertiary/aromatic N) is 3. The molecule has 118 valence electrons. The van der Waals surface area contributed by atoms with Crippen LogP contribution in [0.1, 0.15) is 25.3 Å². The fraction of sp³-hybridized carbons (Fsp3) is 0.188. The number of benzene rings is 1. The molecule has 7 heteroatoms. The number of rotatable bonds is 5. The lowest BCUT2D eigenvalue weighted by molar-refractivity contribution is 0.603. The number of nitrogens with one attached hydrogen (secondary N) is 1. The Bertz CT molecular complexity index is 836. The van der Waals surface area contributed by atoms with E-state index in [1.54, 1.807) is 24.3 Å². The third-order valence-electron chi connectivity index (χ3n) is 3.15. The molecule has 0 aliphatic rings. The van der Waals surface area contributed by atoms with E-state index in [0.29, 0.717) is 5.92 Å². The van der Waals surface area contributed by atoms with Gasteiger partial charge in [-0.2, -0.15) is 5.26 Å². The fourth-order valence-corrected chi connectivity index (χ4v) is 2.92. The molecule has 1 N–H and O–H groups in total. The summed E-state index contributed by atoms with van der Waals surface area (Å²) in [6, 6.07) is 9.85. The molecule has 0 aliphatic carbocycles. The van der Waals surface area contributed by atoms with Crippen molar-refractivity contribution in [1.82, 2.24) is 9.97 Å². The molecule has 0 aliphatic heterocycles. The number of hydrogen-bond donors (Lipinski definition) is 1. The third-order valence-corrected chi connectivity index (χ3v) is 4.84. The first-order valence-electron chi connectivity index (χ1n) is 6.94. The lowest BCUT2D eigenvalue weighted by Gasteiger charge is -2.07. The average Bonchev–Trinajstić information content (AvgIpc) is 2.56. The van der Waals surface area contributed by atoms with Gasteiger partial charge in [-0.15, -0.1) is 0 Å². The van der Waals surface area contributed by atoms with Gasteiger partial charge in [-0.1, -0.05) is 26.0 Å². The second kappa shape index (κ2) is 7.03. The van der Waals surface area contributed by atoms with Gasteiger partial charge in [0.05, 0.1) is 4.90 Å². The van der Waals surface area contributed by atoms with Crippen LogP contribution in [0.2, 0.25) is 0 Å². The quantitative estimate of drug-likeness (QED) is 0.848. The summed E-state index contributed by atoms with van der Waals surface area (Å²) in [7, 11) is -3.88. The van der Waals surface area contributed by atoms with Crippen LogP contribution in [0.3, 0.4) is 0 Å². The Labute approximate surface area is 135 Å². The molecule has 0 fully saturated rings. The predicted molar refractivity (Wildman–Crippen MR) is 87.1 cm³/mol. The zero-order valence-electron chi connectivity index (χ0n) is 12.8. The first kappa shape index (κ1) is 16.6. The monoisotopic (exact) mass is 328 g/mol. The second-order valence-electron chi connectivity index (χ2n) is 5.06. The molecule has 2 aromatic rings. The van der Waals surface area contributed by atoms with Crippen molar-refractivity contribution in [3.8, 4) is 6.07 Å². The topological polar surface area (TPSA) is 95.7 Å². The van der Waals surface area contributed by atoms with Crippen molar-refractivity contribution >= 4 is 15.8 Å². The zero-order chi connectivity index (χ0) is 16.9. The van der Waals surface area contributed by atoms with Gasteiger partial charge in [0.1, 0.15) is 6.07 Å². The van der Waals surface area contributed by atoms with E-state index >= 15 is 0 Å². The van der Waals surface area contributed by atoms with Crippen molar-refractivity contribution in [2.45, 2.75) is 24.7 Å². The van der Waals surface area contributed by atoms with Crippen LogP contribution < -0.4 is 5.32 Å². The number of sulfone groups is 1. The molecule has 0 saturated heterocycles. The number of anilines is 1. The fourth-order valence-electron chi connectivity index (χ4n) is 1.83. The summed E-state index contributed by atoms with van der Waals surface area (Å²) in [5, 5.41) is 11.8. The van der Waals surface area contributed by atoms with E-state index in [1.807, 2.05) is 13.8 Å². The molecule has 0 atom stereocenters. The molecule has 2 rings (SSSR count). The van der Waals surface area contributed by atoms with Crippen molar-refractivity contribution in [1.29, 1.82) is 5.26 Å². The van der Waals surface area contributed by atoms with Gasteiger partial charge in [-0.25, -0.2) is 18.4 Å². The Morgan fingerprint density at radius 2 is 1.83 bits per heavy atom. The first-order valence-corrected chi connectivity index (χ1v) is 8.42. The Morgan fingerprint density at radius 1 is 1.22 bits per heavy atom. The average molecular weight is 328 g/mol. The summed E-state index contributed by atoms with van der Waals surface area (Å²) in [5.41, 5.74) is 1.03. The molecule has 6 nitrogen and oxygen atoms in total. The van der Waals surface area contributed by atoms with Gasteiger partial charge < -0.3 is 5.32 Å². The molecule has 0 radical (unpaired) electrons. The van der Waals surface area contributed by atoms with E-state index in [-0.39, 0.29) is 10.8 Å². The molecule has 0 saturated carbocycles. The third kappa shape index (κ3) is 3.93. The predicted octanol–water partition coefficient (Wildman–Crippen LogP) is 2.85. The van der Waals surface area contributed by atoms with Gasteiger partial charge in [0.25, 0.3) is 0 Å². The minimum absolute atomic E-state index is 0.0745. The molecule has 1 heterocycles. The van der Waals surface area contributed by atoms with Gasteiger partial charge in [0.2, 0.25) is 15.8 Å². The molecule has 1 aromatic heterocycles. The summed E-state index contributed by atoms with van der Waals surface area (Å²) in [5.74, 6) is 0.514. The van der Waals surface area contributed by atoms with E-state index in [1.165, 1.54) is 24.5 Å². The van der Waals surface area contributed by atoms with Crippen LogP contribution >= 0.6 is 0 Å². The second-order valence-corrected chi connectivity index (χ2v) is 6.98. The maximum absolute atomic E-state index is 12.5. The smallest absolute Gasteiger partial charge is 0.226 e.